The van der Waals surface area contributed by atoms with Gasteiger partial charge in [-0.2, -0.15) is 0 Å². The number of rotatable bonds is 8. The van der Waals surface area contributed by atoms with Crippen molar-refractivity contribution in [2.75, 3.05) is 39.3 Å². The summed E-state index contributed by atoms with van der Waals surface area (Å²) in [6.45, 7) is 6.78. The van der Waals surface area contributed by atoms with Gasteiger partial charge in [-0.25, -0.2) is 4.79 Å². The third kappa shape index (κ3) is 4.18. The molecule has 3 amide bonds. The summed E-state index contributed by atoms with van der Waals surface area (Å²) in [7, 11) is 0. The molecular weight excluding hydrogens is 256 g/mol. The number of hydrogen-bond acceptors (Lipinski definition) is 4. The molecule has 0 bridgehead atoms. The molecule has 2 aliphatic heterocycles. The Morgan fingerprint density at radius 2 is 2.20 bits per heavy atom. The number of nitrogens with zero attached hydrogens (tertiary/aromatic N) is 2. The van der Waals surface area contributed by atoms with Crippen LogP contribution in [0.25, 0.3) is 0 Å². The SMILES string of the molecule is CCCCN(CCN1C(=O)CNC1=O)CC1CCCN1. The van der Waals surface area contributed by atoms with Crippen molar-refractivity contribution < 1.29 is 9.59 Å². The molecule has 2 saturated heterocycles. The molecule has 2 heterocycles. The van der Waals surface area contributed by atoms with Crippen LogP contribution in [0.2, 0.25) is 0 Å². The van der Waals surface area contributed by atoms with Gasteiger partial charge in [-0.15, -0.1) is 0 Å². The molecule has 2 rings (SSSR count). The van der Waals surface area contributed by atoms with E-state index in [2.05, 4.69) is 22.5 Å². The molecule has 0 aromatic carbocycles. The number of nitrogens with one attached hydrogen (secondary N) is 2. The lowest BCUT2D eigenvalue weighted by Crippen LogP contribution is -2.43. The van der Waals surface area contributed by atoms with E-state index in [0.717, 1.165) is 39.0 Å². The van der Waals surface area contributed by atoms with Crippen LogP contribution in [0, 0.1) is 0 Å². The van der Waals surface area contributed by atoms with Crippen molar-refractivity contribution in [2.45, 2.75) is 38.6 Å². The predicted molar refractivity (Wildman–Crippen MR) is 77.5 cm³/mol. The number of carbonyl (C=O) groups is 2. The molecular formula is C14H26N4O2. The summed E-state index contributed by atoms with van der Waals surface area (Å²) in [5, 5.41) is 6.07. The monoisotopic (exact) mass is 282 g/mol. The highest BCUT2D eigenvalue weighted by atomic mass is 16.2. The second kappa shape index (κ2) is 7.59. The molecule has 1 unspecified atom stereocenters. The summed E-state index contributed by atoms with van der Waals surface area (Å²) in [4.78, 5) is 26.8. The molecule has 20 heavy (non-hydrogen) atoms. The summed E-state index contributed by atoms with van der Waals surface area (Å²) in [6.07, 6.45) is 4.80. The Morgan fingerprint density at radius 3 is 2.80 bits per heavy atom. The van der Waals surface area contributed by atoms with Crippen LogP contribution in [0.15, 0.2) is 0 Å². The van der Waals surface area contributed by atoms with Crippen LogP contribution in [-0.4, -0.2) is 67.0 Å². The highest BCUT2D eigenvalue weighted by molar-refractivity contribution is 6.01. The quantitative estimate of drug-likeness (QED) is 0.632. The third-order valence-corrected chi connectivity index (χ3v) is 4.05. The van der Waals surface area contributed by atoms with Crippen LogP contribution in [0.3, 0.4) is 0 Å². The van der Waals surface area contributed by atoms with Gasteiger partial charge < -0.3 is 15.5 Å². The average Bonchev–Trinajstić information content (AvgIpc) is 3.05. The normalized spacial score (nSPS) is 22.9. The molecule has 6 nitrogen and oxygen atoms in total. The van der Waals surface area contributed by atoms with Gasteiger partial charge in [0.25, 0.3) is 0 Å². The van der Waals surface area contributed by atoms with Gasteiger partial charge in [0.2, 0.25) is 5.91 Å². The zero-order valence-electron chi connectivity index (χ0n) is 12.4. The Balaban J connectivity index is 1.79. The molecule has 0 saturated carbocycles. The van der Waals surface area contributed by atoms with Gasteiger partial charge in [0, 0.05) is 25.7 Å². The Bertz CT molecular complexity index is 326. The fourth-order valence-electron chi connectivity index (χ4n) is 2.82. The average molecular weight is 282 g/mol. The minimum absolute atomic E-state index is 0.107. The van der Waals surface area contributed by atoms with E-state index in [1.807, 2.05) is 0 Å². The number of carbonyl (C=O) groups excluding carboxylic acids is 2. The molecule has 0 aliphatic carbocycles. The standard InChI is InChI=1S/C14H26N4O2/c1-2-3-7-17(11-12-5-4-6-15-12)8-9-18-13(19)10-16-14(18)20/h12,15H,2-11H2,1H3,(H,16,20). The van der Waals surface area contributed by atoms with E-state index in [4.69, 9.17) is 0 Å². The minimum Gasteiger partial charge on any atom is -0.329 e. The van der Waals surface area contributed by atoms with Crippen LogP contribution < -0.4 is 10.6 Å². The first-order chi connectivity index (χ1) is 9.70. The van der Waals surface area contributed by atoms with Crippen LogP contribution in [0.5, 0.6) is 0 Å². The highest BCUT2D eigenvalue weighted by Crippen LogP contribution is 2.08. The first-order valence-corrected chi connectivity index (χ1v) is 7.74. The van der Waals surface area contributed by atoms with E-state index in [1.165, 1.54) is 17.7 Å². The third-order valence-electron chi connectivity index (χ3n) is 4.05. The zero-order valence-corrected chi connectivity index (χ0v) is 12.4. The predicted octanol–water partition coefficient (Wildman–Crippen LogP) is 0.392. The lowest BCUT2D eigenvalue weighted by molar-refractivity contribution is -0.125. The lowest BCUT2D eigenvalue weighted by atomic mass is 10.2. The Labute approximate surface area is 120 Å². The van der Waals surface area contributed by atoms with E-state index in [1.54, 1.807) is 0 Å². The van der Waals surface area contributed by atoms with E-state index in [0.29, 0.717) is 12.6 Å². The Kier molecular flexibility index (Phi) is 5.79. The van der Waals surface area contributed by atoms with Gasteiger partial charge in [-0.1, -0.05) is 13.3 Å². The molecule has 1 atom stereocenters. The smallest absolute Gasteiger partial charge is 0.324 e. The Morgan fingerprint density at radius 1 is 1.35 bits per heavy atom. The molecule has 2 fully saturated rings. The first kappa shape index (κ1) is 15.3. The van der Waals surface area contributed by atoms with Gasteiger partial charge in [-0.05, 0) is 32.4 Å². The topological polar surface area (TPSA) is 64.7 Å². The Hall–Kier alpha value is -1.14. The van der Waals surface area contributed by atoms with Crippen molar-refractivity contribution in [3.05, 3.63) is 0 Å². The maximum Gasteiger partial charge on any atom is 0.324 e. The molecule has 0 aromatic heterocycles. The summed E-state index contributed by atoms with van der Waals surface area (Å²) in [5.41, 5.74) is 0. The number of unbranched alkanes of at least 4 members (excludes halogenated alkanes) is 1. The highest BCUT2D eigenvalue weighted by Gasteiger charge is 2.28. The number of hydrogen-bond donors (Lipinski definition) is 2. The van der Waals surface area contributed by atoms with Gasteiger partial charge >= 0.3 is 6.03 Å². The summed E-state index contributed by atoms with van der Waals surface area (Å²) in [5.74, 6) is -0.107. The van der Waals surface area contributed by atoms with Gasteiger partial charge in [0.15, 0.2) is 0 Å². The molecule has 2 aliphatic rings. The van der Waals surface area contributed by atoms with Gasteiger partial charge in [0.05, 0.1) is 6.54 Å². The molecule has 2 N–H and O–H groups in total. The van der Waals surface area contributed by atoms with Crippen LogP contribution >= 0.6 is 0 Å². The summed E-state index contributed by atoms with van der Waals surface area (Å²) in [6, 6.07) is 0.319. The number of amides is 3. The van der Waals surface area contributed by atoms with Crippen LogP contribution in [0.4, 0.5) is 4.79 Å². The van der Waals surface area contributed by atoms with E-state index < -0.39 is 0 Å². The van der Waals surface area contributed by atoms with Crippen LogP contribution in [0.1, 0.15) is 32.6 Å². The fraction of sp³-hybridized carbons (Fsp3) is 0.857. The summed E-state index contributed by atoms with van der Waals surface area (Å²) < 4.78 is 0. The molecule has 0 aromatic rings. The lowest BCUT2D eigenvalue weighted by Gasteiger charge is -2.27. The van der Waals surface area contributed by atoms with Gasteiger partial charge in [0.1, 0.15) is 0 Å². The zero-order chi connectivity index (χ0) is 14.4. The van der Waals surface area contributed by atoms with Gasteiger partial charge in [-0.3, -0.25) is 9.69 Å². The number of imide groups is 1. The minimum atomic E-state index is -0.246. The number of urea groups is 1. The fourth-order valence-corrected chi connectivity index (χ4v) is 2.82. The van der Waals surface area contributed by atoms with Crippen molar-refractivity contribution >= 4 is 11.9 Å². The maximum absolute atomic E-state index is 11.6. The van der Waals surface area contributed by atoms with Crippen molar-refractivity contribution in [3.63, 3.8) is 0 Å². The van der Waals surface area contributed by atoms with Crippen molar-refractivity contribution in [1.29, 1.82) is 0 Å². The molecule has 0 spiro atoms. The second-order valence-corrected chi connectivity index (χ2v) is 5.65. The van der Waals surface area contributed by atoms with Crippen molar-refractivity contribution in [2.24, 2.45) is 0 Å². The second-order valence-electron chi connectivity index (χ2n) is 5.65. The van der Waals surface area contributed by atoms with E-state index >= 15 is 0 Å². The first-order valence-electron chi connectivity index (χ1n) is 7.74. The van der Waals surface area contributed by atoms with Crippen molar-refractivity contribution in [3.8, 4) is 0 Å². The van der Waals surface area contributed by atoms with E-state index in [9.17, 15) is 9.59 Å². The van der Waals surface area contributed by atoms with Crippen molar-refractivity contribution in [1.82, 2.24) is 20.4 Å². The van der Waals surface area contributed by atoms with Crippen LogP contribution in [-0.2, 0) is 4.79 Å². The maximum atomic E-state index is 11.6. The molecule has 6 heteroatoms. The largest absolute Gasteiger partial charge is 0.329 e. The molecule has 0 radical (unpaired) electrons. The molecule has 114 valence electrons. The van der Waals surface area contributed by atoms with E-state index in [-0.39, 0.29) is 18.5 Å². The summed E-state index contributed by atoms with van der Waals surface area (Å²) >= 11 is 0.